The first-order chi connectivity index (χ1) is 10.2. The minimum Gasteiger partial charge on any atom is -0.345 e. The molecule has 0 saturated carbocycles. The molecule has 2 aromatic heterocycles. The smallest absolute Gasteiger partial charge is 0.274 e. The summed E-state index contributed by atoms with van der Waals surface area (Å²) in [5.74, 6) is 1.04. The minimum atomic E-state index is 0.422. The summed E-state index contributed by atoms with van der Waals surface area (Å²) in [5.41, 5.74) is 2.41. The van der Waals surface area contributed by atoms with Crippen LogP contribution in [-0.4, -0.2) is 14.7 Å². The van der Waals surface area contributed by atoms with E-state index in [0.29, 0.717) is 23.7 Å². The van der Waals surface area contributed by atoms with Gasteiger partial charge in [0.05, 0.1) is 5.56 Å². The summed E-state index contributed by atoms with van der Waals surface area (Å²) in [6, 6.07) is 11.8. The Kier molecular flexibility index (Phi) is 3.59. The molecule has 0 amide bonds. The minimum absolute atomic E-state index is 0.422. The van der Waals surface area contributed by atoms with Crippen molar-refractivity contribution < 1.29 is 4.52 Å². The van der Waals surface area contributed by atoms with Crippen LogP contribution in [0.5, 0.6) is 0 Å². The van der Waals surface area contributed by atoms with E-state index in [1.54, 1.807) is 16.8 Å². The Bertz CT molecular complexity index is 811. The predicted octanol–water partition coefficient (Wildman–Crippen LogP) is 3.30. The fourth-order valence-electron chi connectivity index (χ4n) is 2.05. The molecule has 6 heteroatoms. The van der Waals surface area contributed by atoms with Crippen molar-refractivity contribution in [3.63, 3.8) is 0 Å². The molecule has 0 saturated heterocycles. The van der Waals surface area contributed by atoms with Gasteiger partial charge in [-0.3, -0.25) is 0 Å². The quantitative estimate of drug-likeness (QED) is 0.732. The number of hydrogen-bond acceptors (Lipinski definition) is 4. The van der Waals surface area contributed by atoms with Crippen LogP contribution < -0.4 is 0 Å². The summed E-state index contributed by atoms with van der Waals surface area (Å²) in [6.45, 7) is 0. The number of benzene rings is 1. The Morgan fingerprint density at radius 2 is 2.10 bits per heavy atom. The number of halogens is 1. The molecular formula is C15H11BrN4O. The van der Waals surface area contributed by atoms with Gasteiger partial charge in [-0.2, -0.15) is 10.2 Å². The van der Waals surface area contributed by atoms with Crippen molar-refractivity contribution in [3.05, 3.63) is 58.0 Å². The fourth-order valence-corrected chi connectivity index (χ4v) is 2.32. The van der Waals surface area contributed by atoms with E-state index < -0.39 is 0 Å². The lowest BCUT2D eigenvalue weighted by Crippen LogP contribution is -1.92. The highest BCUT2D eigenvalue weighted by atomic mass is 79.9. The van der Waals surface area contributed by atoms with Crippen molar-refractivity contribution >= 4 is 15.9 Å². The number of rotatable bonds is 3. The highest BCUT2D eigenvalue weighted by Crippen LogP contribution is 2.20. The molecule has 0 atom stereocenters. The van der Waals surface area contributed by atoms with Gasteiger partial charge in [0.1, 0.15) is 11.8 Å². The first kappa shape index (κ1) is 13.6. The molecular weight excluding hydrogens is 332 g/mol. The van der Waals surface area contributed by atoms with Gasteiger partial charge in [0.2, 0.25) is 0 Å². The van der Waals surface area contributed by atoms with Crippen LogP contribution in [0.4, 0.5) is 0 Å². The molecule has 0 spiro atoms. The number of nitrogens with zero attached hydrogens (tertiary/aromatic N) is 4. The molecule has 0 aliphatic carbocycles. The van der Waals surface area contributed by atoms with Gasteiger partial charge >= 0.3 is 0 Å². The molecule has 0 radical (unpaired) electrons. The number of hydrogen-bond donors (Lipinski definition) is 0. The third-order valence-corrected chi connectivity index (χ3v) is 3.63. The molecule has 2 heterocycles. The maximum Gasteiger partial charge on any atom is 0.274 e. The number of aryl methyl sites for hydroxylation is 1. The van der Waals surface area contributed by atoms with Gasteiger partial charge in [0, 0.05) is 24.1 Å². The zero-order valence-electron chi connectivity index (χ0n) is 11.2. The van der Waals surface area contributed by atoms with E-state index in [2.05, 4.69) is 32.1 Å². The Morgan fingerprint density at radius 3 is 2.76 bits per heavy atom. The summed E-state index contributed by atoms with van der Waals surface area (Å²) >= 11 is 3.40. The van der Waals surface area contributed by atoms with E-state index in [0.717, 1.165) is 15.7 Å². The van der Waals surface area contributed by atoms with Gasteiger partial charge in [-0.15, -0.1) is 0 Å². The second-order valence-electron chi connectivity index (χ2n) is 4.66. The molecule has 0 aliphatic heterocycles. The predicted molar refractivity (Wildman–Crippen MR) is 80.4 cm³/mol. The van der Waals surface area contributed by atoms with Gasteiger partial charge in [-0.1, -0.05) is 33.2 Å². The first-order valence-electron chi connectivity index (χ1n) is 6.29. The molecule has 0 unspecified atom stereocenters. The van der Waals surface area contributed by atoms with Crippen molar-refractivity contribution in [2.45, 2.75) is 6.42 Å². The molecule has 5 nitrogen and oxygen atoms in total. The molecule has 3 rings (SSSR count). The van der Waals surface area contributed by atoms with Crippen molar-refractivity contribution in [1.29, 1.82) is 5.26 Å². The van der Waals surface area contributed by atoms with Crippen molar-refractivity contribution in [1.82, 2.24) is 14.7 Å². The maximum atomic E-state index is 8.91. The van der Waals surface area contributed by atoms with Gasteiger partial charge in [-0.05, 0) is 23.8 Å². The highest BCUT2D eigenvalue weighted by Gasteiger charge is 2.13. The van der Waals surface area contributed by atoms with Gasteiger partial charge in [0.25, 0.3) is 5.89 Å². The molecule has 21 heavy (non-hydrogen) atoms. The van der Waals surface area contributed by atoms with Crippen molar-refractivity contribution in [2.24, 2.45) is 7.05 Å². The second-order valence-corrected chi connectivity index (χ2v) is 5.57. The van der Waals surface area contributed by atoms with E-state index >= 15 is 0 Å². The lowest BCUT2D eigenvalue weighted by atomic mass is 10.1. The third kappa shape index (κ3) is 2.88. The molecule has 0 aliphatic rings. The van der Waals surface area contributed by atoms with Crippen molar-refractivity contribution in [2.75, 3.05) is 0 Å². The molecule has 0 bridgehead atoms. The lowest BCUT2D eigenvalue weighted by Gasteiger charge is -1.96. The topological polar surface area (TPSA) is 67.6 Å². The van der Waals surface area contributed by atoms with E-state index in [-0.39, 0.29) is 0 Å². The molecule has 0 fully saturated rings. The van der Waals surface area contributed by atoms with Crippen LogP contribution in [0.25, 0.3) is 11.6 Å². The van der Waals surface area contributed by atoms with Crippen molar-refractivity contribution in [3.8, 4) is 17.7 Å². The van der Waals surface area contributed by atoms with E-state index in [1.165, 1.54) is 0 Å². The van der Waals surface area contributed by atoms with Gasteiger partial charge in [-0.25, -0.2) is 0 Å². The van der Waals surface area contributed by atoms with Crippen LogP contribution >= 0.6 is 15.9 Å². The molecule has 1 aromatic carbocycles. The van der Waals surface area contributed by atoms with Gasteiger partial charge < -0.3 is 9.09 Å². The van der Waals surface area contributed by atoms with Crippen LogP contribution in [0.3, 0.4) is 0 Å². The highest BCUT2D eigenvalue weighted by molar-refractivity contribution is 9.10. The zero-order valence-corrected chi connectivity index (χ0v) is 12.8. The van der Waals surface area contributed by atoms with Crippen LogP contribution in [0.15, 0.2) is 45.5 Å². The summed E-state index contributed by atoms with van der Waals surface area (Å²) < 4.78 is 8.12. The molecule has 0 N–H and O–H groups in total. The standard InChI is InChI=1S/C15H11BrN4O/c1-20-9-11(8-17)6-13(20)15-18-14(19-21-15)7-10-2-4-12(16)5-3-10/h2-6,9H,7H2,1H3. The summed E-state index contributed by atoms with van der Waals surface area (Å²) in [6.07, 6.45) is 2.33. The maximum absolute atomic E-state index is 8.91. The Labute approximate surface area is 130 Å². The van der Waals surface area contributed by atoms with Gasteiger partial charge in [0.15, 0.2) is 5.82 Å². The van der Waals surface area contributed by atoms with Crippen LogP contribution in [-0.2, 0) is 13.5 Å². The summed E-state index contributed by atoms with van der Waals surface area (Å²) in [5, 5.41) is 12.9. The van der Waals surface area contributed by atoms with Crippen LogP contribution in [0.2, 0.25) is 0 Å². The molecule has 3 aromatic rings. The van der Waals surface area contributed by atoms with E-state index in [4.69, 9.17) is 9.78 Å². The lowest BCUT2D eigenvalue weighted by molar-refractivity contribution is 0.421. The summed E-state index contributed by atoms with van der Waals surface area (Å²) in [4.78, 5) is 4.39. The third-order valence-electron chi connectivity index (χ3n) is 3.10. The SMILES string of the molecule is Cn1cc(C#N)cc1-c1nc(Cc2ccc(Br)cc2)no1. The average molecular weight is 343 g/mol. The normalized spacial score (nSPS) is 10.5. The monoisotopic (exact) mass is 342 g/mol. The van der Waals surface area contributed by atoms with E-state index in [9.17, 15) is 0 Å². The average Bonchev–Trinajstić information content (AvgIpc) is 3.07. The van der Waals surface area contributed by atoms with Crippen LogP contribution in [0, 0.1) is 11.3 Å². The zero-order chi connectivity index (χ0) is 14.8. The molecule has 104 valence electrons. The second kappa shape index (κ2) is 5.54. The fraction of sp³-hybridized carbons (Fsp3) is 0.133. The summed E-state index contributed by atoms with van der Waals surface area (Å²) in [7, 11) is 1.84. The first-order valence-corrected chi connectivity index (χ1v) is 7.09. The Balaban J connectivity index is 1.84. The number of aromatic nitrogens is 3. The number of nitriles is 1. The van der Waals surface area contributed by atoms with E-state index in [1.807, 2.05) is 31.3 Å². The Hall–Kier alpha value is -2.39. The largest absolute Gasteiger partial charge is 0.345 e. The van der Waals surface area contributed by atoms with Crippen LogP contribution in [0.1, 0.15) is 17.0 Å². The Morgan fingerprint density at radius 1 is 1.33 bits per heavy atom.